The summed E-state index contributed by atoms with van der Waals surface area (Å²) in [5.74, 6) is 0.659. The Labute approximate surface area is 173 Å². The molecular formula is C21H21Cl2N3O2. The predicted octanol–water partition coefficient (Wildman–Crippen LogP) is 4.28. The van der Waals surface area contributed by atoms with Crippen molar-refractivity contribution in [3.05, 3.63) is 57.7 Å². The Morgan fingerprint density at radius 2 is 1.89 bits per heavy atom. The minimum Gasteiger partial charge on any atom is -0.497 e. The molecule has 4 rings (SSSR count). The molecule has 0 saturated carbocycles. The Morgan fingerprint density at radius 3 is 2.64 bits per heavy atom. The van der Waals surface area contributed by atoms with Crippen LogP contribution in [0.2, 0.25) is 10.0 Å². The normalized spacial score (nSPS) is 13.8. The highest BCUT2D eigenvalue weighted by atomic mass is 35.5. The summed E-state index contributed by atoms with van der Waals surface area (Å²) in [5.41, 5.74) is 4.01. The molecule has 3 aromatic rings. The number of carbonyl (C=O) groups excluding carboxylic acids is 1. The van der Waals surface area contributed by atoms with Crippen LogP contribution in [-0.2, 0) is 24.2 Å². The summed E-state index contributed by atoms with van der Waals surface area (Å²) in [6, 6.07) is 11.0. The molecule has 5 nitrogen and oxygen atoms in total. The number of benzene rings is 2. The van der Waals surface area contributed by atoms with E-state index in [1.165, 1.54) is 5.56 Å². The van der Waals surface area contributed by atoms with Gasteiger partial charge in [0, 0.05) is 29.7 Å². The number of carbonyl (C=O) groups is 1. The topological polar surface area (TPSA) is 55.3 Å². The van der Waals surface area contributed by atoms with Gasteiger partial charge in [0.1, 0.15) is 12.3 Å². The van der Waals surface area contributed by atoms with Gasteiger partial charge in [-0.1, -0.05) is 23.2 Å². The number of rotatable bonds is 4. The summed E-state index contributed by atoms with van der Waals surface area (Å²) in [5, 5.41) is 8.42. The van der Waals surface area contributed by atoms with Gasteiger partial charge in [-0.25, -0.2) is 0 Å². The second kappa shape index (κ2) is 8.03. The zero-order valence-corrected chi connectivity index (χ0v) is 17.0. The third-order valence-corrected chi connectivity index (χ3v) is 5.91. The molecule has 146 valence electrons. The molecule has 28 heavy (non-hydrogen) atoms. The molecule has 0 bridgehead atoms. The Kier molecular flexibility index (Phi) is 5.49. The minimum atomic E-state index is -0.0897. The number of ether oxygens (including phenoxy) is 1. The second-order valence-corrected chi connectivity index (χ2v) is 7.58. The third kappa shape index (κ3) is 3.58. The van der Waals surface area contributed by atoms with Crippen molar-refractivity contribution < 1.29 is 9.53 Å². The van der Waals surface area contributed by atoms with E-state index in [1.807, 2.05) is 30.3 Å². The van der Waals surface area contributed by atoms with Crippen LogP contribution in [0.25, 0.3) is 10.9 Å². The standard InChI is InChI=1S/C21H21Cl2N3O2/c1-28-14-4-2-13(3-5-14)25-19(27)12-26-17-9-11-24-10-8-15(17)20-18(26)7-6-16(22)21(20)23/h2-7,24H,8-12H2,1H3,(H,25,27). The summed E-state index contributed by atoms with van der Waals surface area (Å²) in [7, 11) is 1.61. The van der Waals surface area contributed by atoms with Crippen LogP contribution >= 0.6 is 23.2 Å². The number of methoxy groups -OCH3 is 1. The van der Waals surface area contributed by atoms with Crippen molar-refractivity contribution in [2.24, 2.45) is 0 Å². The Bertz CT molecular complexity index is 1030. The van der Waals surface area contributed by atoms with Crippen molar-refractivity contribution in [2.75, 3.05) is 25.5 Å². The van der Waals surface area contributed by atoms with Gasteiger partial charge in [0.05, 0.1) is 22.7 Å². The Balaban J connectivity index is 1.68. The molecule has 0 unspecified atom stereocenters. The molecule has 1 aliphatic rings. The lowest BCUT2D eigenvalue weighted by atomic mass is 10.1. The van der Waals surface area contributed by atoms with Crippen LogP contribution in [0.4, 0.5) is 5.69 Å². The van der Waals surface area contributed by atoms with Crippen LogP contribution in [0.1, 0.15) is 11.3 Å². The second-order valence-electron chi connectivity index (χ2n) is 6.79. The van der Waals surface area contributed by atoms with Crippen molar-refractivity contribution in [1.82, 2.24) is 9.88 Å². The molecule has 2 heterocycles. The van der Waals surface area contributed by atoms with Crippen LogP contribution in [0.15, 0.2) is 36.4 Å². The highest BCUT2D eigenvalue weighted by molar-refractivity contribution is 6.45. The predicted molar refractivity (Wildman–Crippen MR) is 114 cm³/mol. The molecule has 2 aromatic carbocycles. The molecule has 0 aliphatic carbocycles. The smallest absolute Gasteiger partial charge is 0.244 e. The fourth-order valence-corrected chi connectivity index (χ4v) is 4.24. The van der Waals surface area contributed by atoms with Gasteiger partial charge in [-0.05, 0) is 54.9 Å². The third-order valence-electron chi connectivity index (χ3n) is 5.11. The maximum absolute atomic E-state index is 12.8. The molecule has 0 radical (unpaired) electrons. The maximum atomic E-state index is 12.8. The zero-order valence-electron chi connectivity index (χ0n) is 15.5. The summed E-state index contributed by atoms with van der Waals surface area (Å²) in [6.07, 6.45) is 1.70. The average molecular weight is 418 g/mol. The summed E-state index contributed by atoms with van der Waals surface area (Å²) >= 11 is 12.8. The van der Waals surface area contributed by atoms with Gasteiger partial charge in [0.15, 0.2) is 0 Å². The monoisotopic (exact) mass is 417 g/mol. The van der Waals surface area contributed by atoms with Gasteiger partial charge in [-0.2, -0.15) is 0 Å². The fourth-order valence-electron chi connectivity index (χ4n) is 3.80. The molecule has 0 atom stereocenters. The number of aromatic nitrogens is 1. The zero-order chi connectivity index (χ0) is 19.7. The molecular weight excluding hydrogens is 397 g/mol. The Morgan fingerprint density at radius 1 is 1.14 bits per heavy atom. The quantitative estimate of drug-likeness (QED) is 0.665. The molecule has 1 aliphatic heterocycles. The average Bonchev–Trinajstić information content (AvgIpc) is 2.84. The van der Waals surface area contributed by atoms with Crippen molar-refractivity contribution in [3.63, 3.8) is 0 Å². The molecule has 1 amide bonds. The van der Waals surface area contributed by atoms with Crippen LogP contribution < -0.4 is 15.4 Å². The van der Waals surface area contributed by atoms with E-state index in [4.69, 9.17) is 27.9 Å². The lowest BCUT2D eigenvalue weighted by Gasteiger charge is -2.12. The molecule has 7 heteroatoms. The first-order chi connectivity index (χ1) is 13.6. The van der Waals surface area contributed by atoms with Crippen molar-refractivity contribution >= 4 is 45.7 Å². The number of hydrogen-bond donors (Lipinski definition) is 2. The van der Waals surface area contributed by atoms with Gasteiger partial charge >= 0.3 is 0 Å². The van der Waals surface area contributed by atoms with Gasteiger partial charge in [-0.3, -0.25) is 4.79 Å². The molecule has 2 N–H and O–H groups in total. The first-order valence-corrected chi connectivity index (χ1v) is 9.96. The van der Waals surface area contributed by atoms with Crippen molar-refractivity contribution in [1.29, 1.82) is 0 Å². The number of anilines is 1. The van der Waals surface area contributed by atoms with E-state index in [9.17, 15) is 4.79 Å². The van der Waals surface area contributed by atoms with E-state index in [1.54, 1.807) is 13.2 Å². The number of fused-ring (bicyclic) bond motifs is 3. The van der Waals surface area contributed by atoms with Gasteiger partial charge in [-0.15, -0.1) is 0 Å². The van der Waals surface area contributed by atoms with E-state index in [0.717, 1.165) is 54.0 Å². The molecule has 1 aromatic heterocycles. The summed E-state index contributed by atoms with van der Waals surface area (Å²) < 4.78 is 7.22. The first kappa shape index (κ1) is 19.1. The molecule has 0 spiro atoms. The first-order valence-electron chi connectivity index (χ1n) is 9.21. The van der Waals surface area contributed by atoms with E-state index in [0.29, 0.717) is 10.0 Å². The van der Waals surface area contributed by atoms with Gasteiger partial charge in [0.25, 0.3) is 0 Å². The SMILES string of the molecule is COc1ccc(NC(=O)Cn2c3c(c4c(Cl)c(Cl)ccc42)CCNCC3)cc1. The lowest BCUT2D eigenvalue weighted by Crippen LogP contribution is -2.21. The van der Waals surface area contributed by atoms with E-state index < -0.39 is 0 Å². The number of amides is 1. The van der Waals surface area contributed by atoms with Crippen LogP contribution in [0.5, 0.6) is 5.75 Å². The molecule has 0 saturated heterocycles. The number of nitrogens with zero attached hydrogens (tertiary/aromatic N) is 1. The lowest BCUT2D eigenvalue weighted by molar-refractivity contribution is -0.116. The fraction of sp³-hybridized carbons (Fsp3) is 0.286. The number of hydrogen-bond acceptors (Lipinski definition) is 3. The van der Waals surface area contributed by atoms with Crippen LogP contribution in [0, 0.1) is 0 Å². The van der Waals surface area contributed by atoms with Crippen LogP contribution in [0.3, 0.4) is 0 Å². The van der Waals surface area contributed by atoms with E-state index in [2.05, 4.69) is 15.2 Å². The highest BCUT2D eigenvalue weighted by Gasteiger charge is 2.23. The van der Waals surface area contributed by atoms with E-state index in [-0.39, 0.29) is 12.5 Å². The van der Waals surface area contributed by atoms with Crippen molar-refractivity contribution in [3.8, 4) is 5.75 Å². The number of halogens is 2. The summed E-state index contributed by atoms with van der Waals surface area (Å²) in [4.78, 5) is 12.8. The van der Waals surface area contributed by atoms with Crippen molar-refractivity contribution in [2.45, 2.75) is 19.4 Å². The van der Waals surface area contributed by atoms with Gasteiger partial charge in [0.2, 0.25) is 5.91 Å². The summed E-state index contributed by atoms with van der Waals surface area (Å²) in [6.45, 7) is 1.97. The van der Waals surface area contributed by atoms with E-state index >= 15 is 0 Å². The largest absolute Gasteiger partial charge is 0.497 e. The van der Waals surface area contributed by atoms with Crippen LogP contribution in [-0.4, -0.2) is 30.7 Å². The highest BCUT2D eigenvalue weighted by Crippen LogP contribution is 2.37. The molecule has 0 fully saturated rings. The van der Waals surface area contributed by atoms with Gasteiger partial charge < -0.3 is 19.9 Å². The maximum Gasteiger partial charge on any atom is 0.244 e. The number of nitrogens with one attached hydrogen (secondary N) is 2. The minimum absolute atomic E-state index is 0.0897. The Hall–Kier alpha value is -2.21.